The van der Waals surface area contributed by atoms with Gasteiger partial charge in [0, 0.05) is 36.3 Å². The first-order valence-corrected chi connectivity index (χ1v) is 10.3. The Hall–Kier alpha value is -3.19. The monoisotopic (exact) mass is 404 g/mol. The van der Waals surface area contributed by atoms with Crippen molar-refractivity contribution < 1.29 is 14.4 Å². The van der Waals surface area contributed by atoms with Crippen molar-refractivity contribution in [2.24, 2.45) is 5.73 Å². The first-order chi connectivity index (χ1) is 14.4. The fourth-order valence-corrected chi connectivity index (χ4v) is 4.28. The quantitative estimate of drug-likeness (QED) is 0.662. The lowest BCUT2D eigenvalue weighted by Crippen LogP contribution is -2.52. The first-order valence-electron chi connectivity index (χ1n) is 10.3. The summed E-state index contributed by atoms with van der Waals surface area (Å²) in [5.41, 5.74) is 10.8. The molecule has 30 heavy (non-hydrogen) atoms. The Kier molecular flexibility index (Phi) is 4.36. The predicted octanol–water partition coefficient (Wildman–Crippen LogP) is 2.01. The number of nitrogens with two attached hydrogens (primary N) is 1. The molecular formula is C23H24N4O3. The molecule has 5 rings (SSSR count). The normalized spacial score (nSPS) is 22.0. The van der Waals surface area contributed by atoms with Crippen molar-refractivity contribution in [3.63, 3.8) is 0 Å². The topological polar surface area (TPSA) is 105 Å². The summed E-state index contributed by atoms with van der Waals surface area (Å²) in [4.78, 5) is 38.1. The van der Waals surface area contributed by atoms with E-state index in [1.54, 1.807) is 4.90 Å². The van der Waals surface area contributed by atoms with E-state index < -0.39 is 6.04 Å². The molecule has 1 saturated heterocycles. The van der Waals surface area contributed by atoms with Gasteiger partial charge in [0.1, 0.15) is 6.04 Å². The van der Waals surface area contributed by atoms with Crippen LogP contribution in [0.3, 0.4) is 0 Å². The third kappa shape index (κ3) is 3.35. The summed E-state index contributed by atoms with van der Waals surface area (Å²) >= 11 is 0. The number of carbonyl (C=O) groups excluding carboxylic acids is 3. The number of anilines is 1. The van der Waals surface area contributed by atoms with Crippen molar-refractivity contribution in [2.75, 3.05) is 5.32 Å². The number of rotatable bonds is 5. The molecule has 1 aliphatic carbocycles. The highest BCUT2D eigenvalue weighted by molar-refractivity contribution is 6.05. The van der Waals surface area contributed by atoms with Crippen molar-refractivity contribution in [1.29, 1.82) is 0 Å². The molecule has 1 saturated carbocycles. The van der Waals surface area contributed by atoms with E-state index in [1.807, 2.05) is 30.3 Å². The third-order valence-electron chi connectivity index (χ3n) is 6.32. The second-order valence-electron chi connectivity index (χ2n) is 8.48. The van der Waals surface area contributed by atoms with E-state index in [0.717, 1.165) is 35.2 Å². The van der Waals surface area contributed by atoms with Crippen LogP contribution in [0.2, 0.25) is 0 Å². The van der Waals surface area contributed by atoms with Crippen LogP contribution in [0, 0.1) is 0 Å². The molecule has 4 N–H and O–H groups in total. The van der Waals surface area contributed by atoms with E-state index in [4.69, 9.17) is 5.73 Å². The summed E-state index contributed by atoms with van der Waals surface area (Å²) in [5, 5.41) is 5.74. The van der Waals surface area contributed by atoms with E-state index in [9.17, 15) is 14.4 Å². The van der Waals surface area contributed by atoms with E-state index in [2.05, 4.69) is 22.8 Å². The van der Waals surface area contributed by atoms with Crippen LogP contribution in [0.4, 0.5) is 5.69 Å². The van der Waals surface area contributed by atoms with Crippen LogP contribution in [0.25, 0.3) is 0 Å². The number of nitrogens with zero attached hydrogens (tertiary/aromatic N) is 1. The van der Waals surface area contributed by atoms with Gasteiger partial charge in [0.05, 0.1) is 0 Å². The highest BCUT2D eigenvalue weighted by Gasteiger charge is 2.40. The van der Waals surface area contributed by atoms with E-state index >= 15 is 0 Å². The van der Waals surface area contributed by atoms with Gasteiger partial charge in [0.15, 0.2) is 0 Å². The maximum absolute atomic E-state index is 12.9. The largest absolute Gasteiger partial charge is 0.381 e. The second kappa shape index (κ2) is 6.95. The Bertz CT molecular complexity index is 1060. The molecule has 7 heteroatoms. The van der Waals surface area contributed by atoms with Crippen molar-refractivity contribution in [3.8, 4) is 0 Å². The molecule has 2 fully saturated rings. The molecule has 2 aromatic carbocycles. The van der Waals surface area contributed by atoms with Crippen LogP contribution in [0.5, 0.6) is 0 Å². The molecule has 0 aromatic heterocycles. The number of carbonyl (C=O) groups is 3. The molecule has 1 atom stereocenters. The number of hydrogen-bond acceptors (Lipinski definition) is 5. The number of hydrogen-bond donors (Lipinski definition) is 3. The van der Waals surface area contributed by atoms with Gasteiger partial charge >= 0.3 is 0 Å². The van der Waals surface area contributed by atoms with Gasteiger partial charge in [-0.25, -0.2) is 0 Å². The maximum Gasteiger partial charge on any atom is 0.255 e. The molecule has 0 spiro atoms. The Balaban J connectivity index is 1.28. The second-order valence-corrected chi connectivity index (χ2v) is 8.48. The van der Waals surface area contributed by atoms with Gasteiger partial charge in [-0.3, -0.25) is 19.7 Å². The van der Waals surface area contributed by atoms with E-state index in [-0.39, 0.29) is 29.7 Å². The number of benzene rings is 2. The van der Waals surface area contributed by atoms with Gasteiger partial charge in [-0.1, -0.05) is 24.3 Å². The Morgan fingerprint density at radius 3 is 2.73 bits per heavy atom. The Morgan fingerprint density at radius 2 is 1.97 bits per heavy atom. The number of fused-ring (bicyclic) bond motifs is 1. The Morgan fingerprint density at radius 1 is 1.13 bits per heavy atom. The maximum atomic E-state index is 12.9. The molecule has 3 amide bonds. The van der Waals surface area contributed by atoms with Gasteiger partial charge in [-0.05, 0) is 54.2 Å². The first kappa shape index (κ1) is 18.8. The van der Waals surface area contributed by atoms with Crippen molar-refractivity contribution in [3.05, 3.63) is 64.7 Å². The molecule has 2 aromatic rings. The van der Waals surface area contributed by atoms with Crippen molar-refractivity contribution in [1.82, 2.24) is 10.2 Å². The van der Waals surface area contributed by atoms with Crippen LogP contribution < -0.4 is 16.4 Å². The zero-order chi connectivity index (χ0) is 20.9. The van der Waals surface area contributed by atoms with Crippen LogP contribution in [-0.2, 0) is 28.2 Å². The number of nitrogens with one attached hydrogen (secondary N) is 2. The van der Waals surface area contributed by atoms with Gasteiger partial charge in [0.25, 0.3) is 5.91 Å². The minimum absolute atomic E-state index is 0.151. The lowest BCUT2D eigenvalue weighted by atomic mass is 10.0. The zero-order valence-corrected chi connectivity index (χ0v) is 16.6. The minimum Gasteiger partial charge on any atom is -0.381 e. The summed E-state index contributed by atoms with van der Waals surface area (Å²) in [6.45, 7) is 0.981. The van der Waals surface area contributed by atoms with E-state index in [1.165, 1.54) is 0 Å². The SMILES string of the molecule is NC1(c2cccc(NCc3ccc4c(c3)C(=O)N(C3CCC(=O)NC3=O)C4)c2)CC1. The average Bonchev–Trinajstić information content (AvgIpc) is 3.42. The number of imide groups is 1. The summed E-state index contributed by atoms with van der Waals surface area (Å²) in [6.07, 6.45) is 2.67. The smallest absolute Gasteiger partial charge is 0.255 e. The summed E-state index contributed by atoms with van der Waals surface area (Å²) < 4.78 is 0. The standard InChI is InChI=1S/C23H24N4O3/c24-23(8-9-23)16-2-1-3-17(11-16)25-12-14-4-5-15-13-27(22(30)18(15)10-14)19-6-7-20(28)26-21(19)29/h1-5,10-11,19,25H,6-9,12-13,24H2,(H,26,28,29). The molecule has 2 heterocycles. The average molecular weight is 404 g/mol. The van der Waals surface area contributed by atoms with Crippen LogP contribution in [-0.4, -0.2) is 28.7 Å². The molecule has 7 nitrogen and oxygen atoms in total. The summed E-state index contributed by atoms with van der Waals surface area (Å²) in [6, 6.07) is 13.4. The minimum atomic E-state index is -0.585. The van der Waals surface area contributed by atoms with Gasteiger partial charge in [-0.15, -0.1) is 0 Å². The summed E-state index contributed by atoms with van der Waals surface area (Å²) in [5.74, 6) is -0.815. The van der Waals surface area contributed by atoms with Crippen LogP contribution in [0.1, 0.15) is 52.7 Å². The van der Waals surface area contributed by atoms with Crippen LogP contribution >= 0.6 is 0 Å². The van der Waals surface area contributed by atoms with Crippen molar-refractivity contribution in [2.45, 2.75) is 50.4 Å². The molecule has 154 valence electrons. The molecule has 0 bridgehead atoms. The van der Waals surface area contributed by atoms with E-state index in [0.29, 0.717) is 25.1 Å². The van der Waals surface area contributed by atoms with Gasteiger partial charge in [-0.2, -0.15) is 0 Å². The predicted molar refractivity (Wildman–Crippen MR) is 111 cm³/mol. The number of amides is 3. The van der Waals surface area contributed by atoms with Gasteiger partial charge in [0.2, 0.25) is 11.8 Å². The molecular weight excluding hydrogens is 380 g/mol. The lowest BCUT2D eigenvalue weighted by molar-refractivity contribution is -0.136. The Labute approximate surface area is 174 Å². The molecule has 2 aliphatic heterocycles. The highest BCUT2D eigenvalue weighted by Crippen LogP contribution is 2.43. The molecule has 3 aliphatic rings. The fraction of sp³-hybridized carbons (Fsp3) is 0.348. The van der Waals surface area contributed by atoms with Crippen molar-refractivity contribution >= 4 is 23.4 Å². The highest BCUT2D eigenvalue weighted by atomic mass is 16.2. The van der Waals surface area contributed by atoms with Crippen LogP contribution in [0.15, 0.2) is 42.5 Å². The van der Waals surface area contributed by atoms with Gasteiger partial charge < -0.3 is 16.0 Å². The zero-order valence-electron chi connectivity index (χ0n) is 16.6. The summed E-state index contributed by atoms with van der Waals surface area (Å²) in [7, 11) is 0. The third-order valence-corrected chi connectivity index (χ3v) is 6.32. The number of piperidine rings is 1. The molecule has 0 radical (unpaired) electrons. The fourth-order valence-electron chi connectivity index (χ4n) is 4.28. The molecule has 1 unspecified atom stereocenters. The lowest BCUT2D eigenvalue weighted by Gasteiger charge is -2.29.